The second-order valence-electron chi connectivity index (χ2n) is 7.89. The molecule has 114 valence electrons. The lowest BCUT2D eigenvalue weighted by atomic mass is 9.68. The molecule has 2 atom stereocenters. The van der Waals surface area contributed by atoms with Crippen LogP contribution in [0.2, 0.25) is 0 Å². The molecule has 1 heteroatoms. The van der Waals surface area contributed by atoms with Crippen LogP contribution in [0.4, 0.5) is 0 Å². The molecule has 0 saturated heterocycles. The zero-order chi connectivity index (χ0) is 14.5. The van der Waals surface area contributed by atoms with Crippen LogP contribution in [0.1, 0.15) is 80.1 Å². The quantitative estimate of drug-likeness (QED) is 0.693. The number of hydrogen-bond acceptors (Lipinski definition) is 1. The van der Waals surface area contributed by atoms with Gasteiger partial charge >= 0.3 is 0 Å². The molecule has 0 aliphatic heterocycles. The summed E-state index contributed by atoms with van der Waals surface area (Å²) in [4.78, 5) is 0. The molecule has 1 N–H and O–H groups in total. The van der Waals surface area contributed by atoms with E-state index in [-0.39, 0.29) is 0 Å². The van der Waals surface area contributed by atoms with Crippen molar-refractivity contribution in [3.05, 3.63) is 0 Å². The molecule has 2 unspecified atom stereocenters. The largest absolute Gasteiger partial charge is 0.314 e. The van der Waals surface area contributed by atoms with Crippen LogP contribution in [-0.4, -0.2) is 12.6 Å². The average molecular weight is 268 g/mol. The lowest BCUT2D eigenvalue weighted by molar-refractivity contribution is 0.126. The highest BCUT2D eigenvalue weighted by Crippen LogP contribution is 2.41. The molecule has 1 rings (SSSR count). The molecule has 1 saturated carbocycles. The molecule has 1 aliphatic carbocycles. The van der Waals surface area contributed by atoms with Crippen molar-refractivity contribution < 1.29 is 0 Å². The SMILES string of the molecule is CCNC(CC(C)CC)C1CCC(C(C)(C)C)CC1. The lowest BCUT2D eigenvalue weighted by Gasteiger charge is -2.40. The standard InChI is InChI=1S/C18H37N/c1-7-14(3)13-17(19-8-2)15-9-11-16(12-10-15)18(4,5)6/h14-17,19H,7-13H2,1-6H3. The summed E-state index contributed by atoms with van der Waals surface area (Å²) in [5.41, 5.74) is 0.509. The van der Waals surface area contributed by atoms with Gasteiger partial charge in [0, 0.05) is 6.04 Å². The Balaban J connectivity index is 2.49. The van der Waals surface area contributed by atoms with E-state index in [1.165, 1.54) is 38.5 Å². The first kappa shape index (κ1) is 17.0. The van der Waals surface area contributed by atoms with Crippen molar-refractivity contribution in [2.45, 2.75) is 86.1 Å². The third-order valence-electron chi connectivity index (χ3n) is 5.39. The van der Waals surface area contributed by atoms with Crippen LogP contribution in [-0.2, 0) is 0 Å². The lowest BCUT2D eigenvalue weighted by Crippen LogP contribution is -2.40. The molecular weight excluding hydrogens is 230 g/mol. The summed E-state index contributed by atoms with van der Waals surface area (Å²) < 4.78 is 0. The maximum absolute atomic E-state index is 3.77. The number of rotatable bonds is 6. The summed E-state index contributed by atoms with van der Waals surface area (Å²) in [5.74, 6) is 2.73. The maximum Gasteiger partial charge on any atom is 0.00977 e. The molecule has 0 aromatic heterocycles. The third-order valence-corrected chi connectivity index (χ3v) is 5.39. The minimum atomic E-state index is 0.509. The fourth-order valence-corrected chi connectivity index (χ4v) is 3.69. The van der Waals surface area contributed by atoms with Gasteiger partial charge in [0.1, 0.15) is 0 Å². The van der Waals surface area contributed by atoms with Gasteiger partial charge in [-0.3, -0.25) is 0 Å². The van der Waals surface area contributed by atoms with E-state index in [0.29, 0.717) is 5.41 Å². The molecule has 1 aliphatic rings. The number of nitrogens with one attached hydrogen (secondary N) is 1. The van der Waals surface area contributed by atoms with Crippen LogP contribution in [0.25, 0.3) is 0 Å². The second kappa shape index (κ2) is 7.67. The normalized spacial score (nSPS) is 28.1. The van der Waals surface area contributed by atoms with Crippen LogP contribution in [0.5, 0.6) is 0 Å². The predicted octanol–water partition coefficient (Wildman–Crippen LogP) is 5.25. The van der Waals surface area contributed by atoms with Crippen molar-refractivity contribution in [3.8, 4) is 0 Å². The Bertz CT molecular complexity index is 233. The Labute approximate surface area is 121 Å². The van der Waals surface area contributed by atoms with Gasteiger partial charge in [-0.1, -0.05) is 48.0 Å². The fourth-order valence-electron chi connectivity index (χ4n) is 3.69. The van der Waals surface area contributed by atoms with Crippen LogP contribution in [0.15, 0.2) is 0 Å². The zero-order valence-electron chi connectivity index (χ0n) is 14.3. The van der Waals surface area contributed by atoms with Crippen molar-refractivity contribution in [3.63, 3.8) is 0 Å². The van der Waals surface area contributed by atoms with Crippen LogP contribution in [0, 0.1) is 23.2 Å². The van der Waals surface area contributed by atoms with Gasteiger partial charge in [-0.2, -0.15) is 0 Å². The fraction of sp³-hybridized carbons (Fsp3) is 1.00. The smallest absolute Gasteiger partial charge is 0.00977 e. The monoisotopic (exact) mass is 267 g/mol. The van der Waals surface area contributed by atoms with Crippen molar-refractivity contribution in [1.82, 2.24) is 5.32 Å². The van der Waals surface area contributed by atoms with Crippen LogP contribution < -0.4 is 5.32 Å². The molecular formula is C18H37N. The molecule has 1 nitrogen and oxygen atoms in total. The van der Waals surface area contributed by atoms with Gasteiger partial charge in [0.05, 0.1) is 0 Å². The average Bonchev–Trinajstić information content (AvgIpc) is 2.37. The highest BCUT2D eigenvalue weighted by atomic mass is 14.9. The minimum Gasteiger partial charge on any atom is -0.314 e. The van der Waals surface area contributed by atoms with Crippen molar-refractivity contribution in [2.24, 2.45) is 23.2 Å². The topological polar surface area (TPSA) is 12.0 Å². The molecule has 0 bridgehead atoms. The van der Waals surface area contributed by atoms with E-state index >= 15 is 0 Å². The first-order valence-corrected chi connectivity index (χ1v) is 8.61. The highest BCUT2D eigenvalue weighted by molar-refractivity contribution is 4.86. The van der Waals surface area contributed by atoms with Crippen LogP contribution in [0.3, 0.4) is 0 Å². The molecule has 19 heavy (non-hydrogen) atoms. The van der Waals surface area contributed by atoms with Crippen molar-refractivity contribution >= 4 is 0 Å². The maximum atomic E-state index is 3.77. The summed E-state index contributed by atoms with van der Waals surface area (Å²) in [7, 11) is 0. The van der Waals surface area contributed by atoms with E-state index in [9.17, 15) is 0 Å². The molecule has 0 spiro atoms. The Morgan fingerprint density at radius 1 is 1.05 bits per heavy atom. The van der Waals surface area contributed by atoms with E-state index in [2.05, 4.69) is 46.9 Å². The van der Waals surface area contributed by atoms with Crippen molar-refractivity contribution in [2.75, 3.05) is 6.54 Å². The Morgan fingerprint density at radius 2 is 1.63 bits per heavy atom. The molecule has 0 amide bonds. The molecule has 0 aromatic rings. The predicted molar refractivity (Wildman–Crippen MR) is 86.4 cm³/mol. The first-order chi connectivity index (χ1) is 8.88. The van der Waals surface area contributed by atoms with E-state index in [1.54, 1.807) is 0 Å². The zero-order valence-corrected chi connectivity index (χ0v) is 14.3. The summed E-state index contributed by atoms with van der Waals surface area (Å²) in [5, 5.41) is 3.77. The first-order valence-electron chi connectivity index (χ1n) is 8.61. The summed E-state index contributed by atoms with van der Waals surface area (Å²) >= 11 is 0. The molecule has 0 radical (unpaired) electrons. The van der Waals surface area contributed by atoms with Gasteiger partial charge < -0.3 is 5.32 Å². The summed E-state index contributed by atoms with van der Waals surface area (Å²) in [6.07, 6.45) is 8.45. The van der Waals surface area contributed by atoms with Crippen LogP contribution >= 0.6 is 0 Å². The molecule has 1 fully saturated rings. The van der Waals surface area contributed by atoms with Gasteiger partial charge in [0.25, 0.3) is 0 Å². The Morgan fingerprint density at radius 3 is 2.05 bits per heavy atom. The van der Waals surface area contributed by atoms with Gasteiger partial charge in [-0.25, -0.2) is 0 Å². The molecule has 0 aromatic carbocycles. The van der Waals surface area contributed by atoms with E-state index in [0.717, 1.165) is 30.3 Å². The van der Waals surface area contributed by atoms with Gasteiger partial charge in [-0.05, 0) is 61.8 Å². The highest BCUT2D eigenvalue weighted by Gasteiger charge is 2.32. The van der Waals surface area contributed by atoms with E-state index in [1.807, 2.05) is 0 Å². The Kier molecular flexibility index (Phi) is 6.86. The van der Waals surface area contributed by atoms with E-state index in [4.69, 9.17) is 0 Å². The minimum absolute atomic E-state index is 0.509. The van der Waals surface area contributed by atoms with Crippen molar-refractivity contribution in [1.29, 1.82) is 0 Å². The third kappa shape index (κ3) is 5.45. The Hall–Kier alpha value is -0.0400. The second-order valence-corrected chi connectivity index (χ2v) is 7.89. The van der Waals surface area contributed by atoms with E-state index < -0.39 is 0 Å². The van der Waals surface area contributed by atoms with Gasteiger partial charge in [0.15, 0.2) is 0 Å². The molecule has 0 heterocycles. The van der Waals surface area contributed by atoms with Gasteiger partial charge in [0.2, 0.25) is 0 Å². The summed E-state index contributed by atoms with van der Waals surface area (Å²) in [6, 6.07) is 0.765. The number of hydrogen-bond donors (Lipinski definition) is 1. The van der Waals surface area contributed by atoms with Gasteiger partial charge in [-0.15, -0.1) is 0 Å². The summed E-state index contributed by atoms with van der Waals surface area (Å²) in [6.45, 7) is 15.4.